The lowest BCUT2D eigenvalue weighted by Crippen LogP contribution is -2.25. The molecule has 0 saturated heterocycles. The highest BCUT2D eigenvalue weighted by atomic mass is 14.9. The highest BCUT2D eigenvalue weighted by Crippen LogP contribution is 2.52. The Morgan fingerprint density at radius 1 is 0.810 bits per heavy atom. The van der Waals surface area contributed by atoms with Crippen LogP contribution in [-0.2, 0) is 0 Å². The van der Waals surface area contributed by atoms with Gasteiger partial charge in [-0.3, -0.25) is 0 Å². The van der Waals surface area contributed by atoms with E-state index in [0.29, 0.717) is 11.8 Å². The predicted octanol–water partition coefficient (Wildman–Crippen LogP) is 4.70. The molecule has 2 aromatic rings. The van der Waals surface area contributed by atoms with Crippen molar-refractivity contribution in [3.63, 3.8) is 0 Å². The molecule has 1 saturated carbocycles. The van der Waals surface area contributed by atoms with Crippen molar-refractivity contribution in [1.29, 1.82) is 0 Å². The van der Waals surface area contributed by atoms with Crippen LogP contribution in [0.1, 0.15) is 17.9 Å². The van der Waals surface area contributed by atoms with Gasteiger partial charge in [-0.1, -0.05) is 60.7 Å². The Labute approximate surface area is 126 Å². The van der Waals surface area contributed by atoms with Crippen LogP contribution in [0.15, 0.2) is 72.8 Å². The van der Waals surface area contributed by atoms with Crippen LogP contribution in [0.5, 0.6) is 0 Å². The van der Waals surface area contributed by atoms with Crippen LogP contribution in [-0.4, -0.2) is 6.54 Å². The topological polar surface area (TPSA) is 12.0 Å². The molecule has 2 aliphatic carbocycles. The molecule has 2 bridgehead atoms. The lowest BCUT2D eigenvalue weighted by molar-refractivity contribution is 0.414. The van der Waals surface area contributed by atoms with E-state index in [2.05, 4.69) is 78.1 Å². The second kappa shape index (κ2) is 5.40. The van der Waals surface area contributed by atoms with Crippen LogP contribution in [0.3, 0.4) is 0 Å². The molecule has 2 aliphatic rings. The van der Waals surface area contributed by atoms with Gasteiger partial charge in [0.2, 0.25) is 0 Å². The van der Waals surface area contributed by atoms with Crippen molar-refractivity contribution >= 4 is 5.69 Å². The molecule has 1 fully saturated rings. The van der Waals surface area contributed by atoms with Gasteiger partial charge in [0, 0.05) is 12.2 Å². The van der Waals surface area contributed by atoms with Crippen LogP contribution >= 0.6 is 0 Å². The molecular weight excluding hydrogens is 254 g/mol. The summed E-state index contributed by atoms with van der Waals surface area (Å²) in [5.41, 5.74) is 2.74. The second-order valence-corrected chi connectivity index (χ2v) is 6.30. The molecule has 21 heavy (non-hydrogen) atoms. The summed E-state index contributed by atoms with van der Waals surface area (Å²) >= 11 is 0. The van der Waals surface area contributed by atoms with Crippen molar-refractivity contribution in [2.45, 2.75) is 12.3 Å². The number of hydrogen-bond donors (Lipinski definition) is 1. The molecule has 0 amide bonds. The molecule has 4 unspecified atom stereocenters. The zero-order chi connectivity index (χ0) is 14.1. The standard InChI is InChI=1S/C20H21N/c1-3-7-15(8-4-1)20-17-12-11-16(13-17)19(20)14-21-18-9-5-2-6-10-18/h1-12,16-17,19-21H,13-14H2. The molecule has 106 valence electrons. The normalized spacial score (nSPS) is 29.7. The Morgan fingerprint density at radius 2 is 1.48 bits per heavy atom. The SMILES string of the molecule is C1=CC2CC1C(CNc1ccccc1)C2c1ccccc1. The fourth-order valence-corrected chi connectivity index (χ4v) is 4.16. The smallest absolute Gasteiger partial charge is 0.0340 e. The van der Waals surface area contributed by atoms with E-state index < -0.39 is 0 Å². The molecule has 4 rings (SSSR count). The van der Waals surface area contributed by atoms with Crippen LogP contribution in [0.2, 0.25) is 0 Å². The number of nitrogens with one attached hydrogen (secondary N) is 1. The number of fused-ring (bicyclic) bond motifs is 2. The van der Waals surface area contributed by atoms with Crippen LogP contribution in [0.25, 0.3) is 0 Å². The van der Waals surface area contributed by atoms with Crippen molar-refractivity contribution in [3.05, 3.63) is 78.4 Å². The minimum absolute atomic E-state index is 0.678. The highest BCUT2D eigenvalue weighted by Gasteiger charge is 2.44. The van der Waals surface area contributed by atoms with E-state index in [1.165, 1.54) is 17.7 Å². The molecule has 0 aromatic heterocycles. The van der Waals surface area contributed by atoms with Crippen molar-refractivity contribution in [1.82, 2.24) is 0 Å². The van der Waals surface area contributed by atoms with Crippen LogP contribution in [0, 0.1) is 17.8 Å². The summed E-state index contributed by atoms with van der Waals surface area (Å²) in [7, 11) is 0. The molecule has 0 radical (unpaired) electrons. The zero-order valence-corrected chi connectivity index (χ0v) is 12.2. The van der Waals surface area contributed by atoms with E-state index >= 15 is 0 Å². The number of allylic oxidation sites excluding steroid dienone is 2. The molecule has 4 atom stereocenters. The third-order valence-electron chi connectivity index (χ3n) is 5.12. The van der Waals surface area contributed by atoms with Gasteiger partial charge >= 0.3 is 0 Å². The first-order valence-electron chi connectivity index (χ1n) is 7.94. The maximum absolute atomic E-state index is 3.64. The van der Waals surface area contributed by atoms with E-state index in [-0.39, 0.29) is 0 Å². The van der Waals surface area contributed by atoms with E-state index in [4.69, 9.17) is 0 Å². The monoisotopic (exact) mass is 275 g/mol. The third kappa shape index (κ3) is 2.37. The summed E-state index contributed by atoms with van der Waals surface area (Å²) in [5.74, 6) is 2.87. The minimum atomic E-state index is 0.678. The van der Waals surface area contributed by atoms with Gasteiger partial charge in [-0.25, -0.2) is 0 Å². The average Bonchev–Trinajstić information content (AvgIpc) is 3.16. The highest BCUT2D eigenvalue weighted by molar-refractivity contribution is 5.43. The lowest BCUT2D eigenvalue weighted by atomic mass is 9.78. The minimum Gasteiger partial charge on any atom is -0.385 e. The van der Waals surface area contributed by atoms with E-state index in [9.17, 15) is 0 Å². The largest absolute Gasteiger partial charge is 0.385 e. The summed E-state index contributed by atoms with van der Waals surface area (Å²) in [5, 5.41) is 3.64. The predicted molar refractivity (Wildman–Crippen MR) is 88.3 cm³/mol. The average molecular weight is 275 g/mol. The Kier molecular flexibility index (Phi) is 3.27. The molecule has 1 nitrogen and oxygen atoms in total. The first-order chi connectivity index (χ1) is 10.4. The summed E-state index contributed by atoms with van der Waals surface area (Å²) in [6.45, 7) is 1.06. The molecule has 0 spiro atoms. The van der Waals surface area contributed by atoms with E-state index in [1.807, 2.05) is 0 Å². The van der Waals surface area contributed by atoms with Crippen molar-refractivity contribution < 1.29 is 0 Å². The van der Waals surface area contributed by atoms with Gasteiger partial charge in [0.05, 0.1) is 0 Å². The lowest BCUT2D eigenvalue weighted by Gasteiger charge is -2.29. The van der Waals surface area contributed by atoms with E-state index in [0.717, 1.165) is 18.4 Å². The Balaban J connectivity index is 1.54. The summed E-state index contributed by atoms with van der Waals surface area (Å²) in [6, 6.07) is 21.6. The molecule has 1 N–H and O–H groups in total. The van der Waals surface area contributed by atoms with Crippen molar-refractivity contribution in [2.24, 2.45) is 17.8 Å². The first kappa shape index (κ1) is 12.7. The first-order valence-corrected chi connectivity index (χ1v) is 7.94. The molecule has 0 heterocycles. The van der Waals surface area contributed by atoms with Crippen molar-refractivity contribution in [2.75, 3.05) is 11.9 Å². The van der Waals surface area contributed by atoms with E-state index in [1.54, 1.807) is 0 Å². The van der Waals surface area contributed by atoms with Crippen LogP contribution < -0.4 is 5.32 Å². The molecule has 2 aromatic carbocycles. The summed E-state index contributed by atoms with van der Waals surface area (Å²) in [4.78, 5) is 0. The number of hydrogen-bond acceptors (Lipinski definition) is 1. The molecular formula is C20H21N. The number of anilines is 1. The van der Waals surface area contributed by atoms with Gasteiger partial charge in [0.1, 0.15) is 0 Å². The molecule has 0 aliphatic heterocycles. The quantitative estimate of drug-likeness (QED) is 0.797. The zero-order valence-electron chi connectivity index (χ0n) is 12.2. The number of para-hydroxylation sites is 1. The van der Waals surface area contributed by atoms with Crippen LogP contribution in [0.4, 0.5) is 5.69 Å². The van der Waals surface area contributed by atoms with Gasteiger partial charge in [-0.2, -0.15) is 0 Å². The molecule has 1 heteroatoms. The Bertz CT molecular complexity index is 617. The van der Waals surface area contributed by atoms with Gasteiger partial charge in [0.15, 0.2) is 0 Å². The Morgan fingerprint density at radius 3 is 2.24 bits per heavy atom. The number of rotatable bonds is 4. The Hall–Kier alpha value is -2.02. The van der Waals surface area contributed by atoms with Gasteiger partial charge < -0.3 is 5.32 Å². The third-order valence-corrected chi connectivity index (χ3v) is 5.12. The summed E-state index contributed by atoms with van der Waals surface area (Å²) < 4.78 is 0. The number of benzene rings is 2. The van der Waals surface area contributed by atoms with Gasteiger partial charge in [0.25, 0.3) is 0 Å². The summed E-state index contributed by atoms with van der Waals surface area (Å²) in [6.07, 6.45) is 6.23. The van der Waals surface area contributed by atoms with Gasteiger partial charge in [-0.05, 0) is 47.8 Å². The van der Waals surface area contributed by atoms with Crippen molar-refractivity contribution in [3.8, 4) is 0 Å². The second-order valence-electron chi connectivity index (χ2n) is 6.30. The maximum atomic E-state index is 3.64. The maximum Gasteiger partial charge on any atom is 0.0340 e. The fourth-order valence-electron chi connectivity index (χ4n) is 4.16. The fraction of sp³-hybridized carbons (Fsp3) is 0.300. The van der Waals surface area contributed by atoms with Gasteiger partial charge in [-0.15, -0.1) is 0 Å².